The van der Waals surface area contributed by atoms with Gasteiger partial charge in [-0.15, -0.1) is 0 Å². The van der Waals surface area contributed by atoms with Gasteiger partial charge in [-0.25, -0.2) is 4.79 Å². The lowest BCUT2D eigenvalue weighted by Gasteiger charge is -2.40. The van der Waals surface area contributed by atoms with Crippen molar-refractivity contribution in [1.29, 1.82) is 0 Å². The van der Waals surface area contributed by atoms with Gasteiger partial charge in [0.05, 0.1) is 24.0 Å². The molecule has 0 bridgehead atoms. The van der Waals surface area contributed by atoms with Gasteiger partial charge in [-0.05, 0) is 18.6 Å². The number of oxazole rings is 1. The molecular weight excluding hydrogens is 400 g/mol. The second-order valence-electron chi connectivity index (χ2n) is 7.57. The Bertz CT molecular complexity index is 1060. The highest BCUT2D eigenvalue weighted by Crippen LogP contribution is 2.27. The van der Waals surface area contributed by atoms with E-state index in [0.717, 1.165) is 0 Å². The van der Waals surface area contributed by atoms with E-state index in [1.807, 2.05) is 0 Å². The normalized spacial score (nSPS) is 22.8. The van der Waals surface area contributed by atoms with Crippen LogP contribution >= 0.6 is 11.6 Å². The van der Waals surface area contributed by atoms with Gasteiger partial charge in [0.25, 0.3) is 0 Å². The van der Waals surface area contributed by atoms with Gasteiger partial charge in [-0.1, -0.05) is 11.6 Å². The third-order valence-corrected chi connectivity index (χ3v) is 6.05. The second kappa shape index (κ2) is 7.22. The summed E-state index contributed by atoms with van der Waals surface area (Å²) in [7, 11) is 3.29. The van der Waals surface area contributed by atoms with Gasteiger partial charge in [0.15, 0.2) is 5.58 Å². The Morgan fingerprint density at radius 2 is 2.00 bits per heavy atom. The van der Waals surface area contributed by atoms with Crippen molar-refractivity contribution in [3.8, 4) is 0 Å². The smallest absolute Gasteiger partial charge is 0.408 e. The molecule has 29 heavy (non-hydrogen) atoms. The molecule has 1 aromatic carbocycles. The number of halogens is 1. The van der Waals surface area contributed by atoms with Crippen molar-refractivity contribution in [3.05, 3.63) is 33.8 Å². The van der Waals surface area contributed by atoms with Crippen LogP contribution in [0.5, 0.6) is 0 Å². The van der Waals surface area contributed by atoms with E-state index in [0.29, 0.717) is 29.1 Å². The average Bonchev–Trinajstić information content (AvgIpc) is 2.96. The van der Waals surface area contributed by atoms with Gasteiger partial charge in [-0.3, -0.25) is 19.0 Å². The predicted molar refractivity (Wildman–Crippen MR) is 104 cm³/mol. The molecule has 3 heterocycles. The lowest BCUT2D eigenvalue weighted by Crippen LogP contribution is -2.56. The van der Waals surface area contributed by atoms with Crippen molar-refractivity contribution in [2.45, 2.75) is 19.0 Å². The maximum Gasteiger partial charge on any atom is 0.420 e. The van der Waals surface area contributed by atoms with Gasteiger partial charge < -0.3 is 19.1 Å². The minimum atomic E-state index is -0.635. The molecule has 0 radical (unpaired) electrons. The largest absolute Gasteiger partial charge is 0.420 e. The number of benzene rings is 1. The first-order valence-electron chi connectivity index (χ1n) is 9.33. The summed E-state index contributed by atoms with van der Waals surface area (Å²) in [6, 6.07) is 4.40. The summed E-state index contributed by atoms with van der Waals surface area (Å²) in [5.74, 6) is -1.47. The molecule has 2 aliphatic rings. The standard InChI is InChI=1S/C19H21ClN4O5/c1-21-9-16(25)22(2)14-8-23(6-5-12(14)18(21)27)17(26)10-24-13-4-3-11(20)7-15(13)29-19(24)28/h3-4,7,12,14H,5-6,8-10H2,1-2H3/t12-,14+/m0/s1. The maximum absolute atomic E-state index is 12.9. The van der Waals surface area contributed by atoms with Crippen LogP contribution in [0.15, 0.2) is 27.4 Å². The van der Waals surface area contributed by atoms with Gasteiger partial charge in [-0.2, -0.15) is 0 Å². The van der Waals surface area contributed by atoms with E-state index in [1.165, 1.54) is 15.5 Å². The second-order valence-corrected chi connectivity index (χ2v) is 8.00. The van der Waals surface area contributed by atoms with Crippen LogP contribution in [-0.4, -0.2) is 76.8 Å². The number of nitrogens with zero attached hydrogens (tertiary/aromatic N) is 4. The van der Waals surface area contributed by atoms with Crippen molar-refractivity contribution in [3.63, 3.8) is 0 Å². The number of likely N-dealkylation sites (N-methyl/N-ethyl adjacent to an activating group) is 2. The SMILES string of the molecule is CN1CC(=O)N(C)[C@@H]2CN(C(=O)Cn3c(=O)oc4cc(Cl)ccc43)CC[C@@H]2C1=O. The maximum atomic E-state index is 12.9. The number of fused-ring (bicyclic) bond motifs is 2. The Kier molecular flexibility index (Phi) is 4.85. The first-order chi connectivity index (χ1) is 13.8. The van der Waals surface area contributed by atoms with Gasteiger partial charge >= 0.3 is 5.76 Å². The van der Waals surface area contributed by atoms with E-state index in [-0.39, 0.29) is 49.3 Å². The highest BCUT2D eigenvalue weighted by atomic mass is 35.5. The molecule has 1 aromatic heterocycles. The van der Waals surface area contributed by atoms with E-state index in [2.05, 4.69) is 0 Å². The minimum absolute atomic E-state index is 0.0369. The Morgan fingerprint density at radius 1 is 1.24 bits per heavy atom. The lowest BCUT2D eigenvalue weighted by atomic mass is 9.89. The quantitative estimate of drug-likeness (QED) is 0.700. The fourth-order valence-electron chi connectivity index (χ4n) is 4.12. The van der Waals surface area contributed by atoms with Crippen LogP contribution in [0, 0.1) is 5.92 Å². The molecule has 0 aliphatic carbocycles. The number of amides is 3. The van der Waals surface area contributed by atoms with E-state index in [4.69, 9.17) is 16.0 Å². The van der Waals surface area contributed by atoms with E-state index in [1.54, 1.807) is 36.0 Å². The van der Waals surface area contributed by atoms with E-state index >= 15 is 0 Å². The molecule has 4 rings (SSSR count). The monoisotopic (exact) mass is 420 g/mol. The average molecular weight is 421 g/mol. The molecule has 0 N–H and O–H groups in total. The summed E-state index contributed by atoms with van der Waals surface area (Å²) < 4.78 is 6.44. The van der Waals surface area contributed by atoms with Crippen molar-refractivity contribution in [2.75, 3.05) is 33.7 Å². The van der Waals surface area contributed by atoms with Crippen molar-refractivity contribution in [1.82, 2.24) is 19.3 Å². The Labute approximate surface area is 171 Å². The third-order valence-electron chi connectivity index (χ3n) is 5.82. The number of rotatable bonds is 2. The van der Waals surface area contributed by atoms with Crippen LogP contribution in [0.4, 0.5) is 0 Å². The fourth-order valence-corrected chi connectivity index (χ4v) is 4.29. The highest BCUT2D eigenvalue weighted by molar-refractivity contribution is 6.31. The molecule has 2 atom stereocenters. The third kappa shape index (κ3) is 3.39. The van der Waals surface area contributed by atoms with Gasteiger partial charge in [0.1, 0.15) is 6.54 Å². The molecule has 0 unspecified atom stereocenters. The molecule has 154 valence electrons. The molecule has 2 saturated heterocycles. The summed E-state index contributed by atoms with van der Waals surface area (Å²) in [4.78, 5) is 54.7. The van der Waals surface area contributed by atoms with Gasteiger partial charge in [0, 0.05) is 38.3 Å². The van der Waals surface area contributed by atoms with Crippen LogP contribution in [0.25, 0.3) is 11.1 Å². The lowest BCUT2D eigenvalue weighted by molar-refractivity contribution is -0.142. The van der Waals surface area contributed by atoms with Crippen LogP contribution in [0.1, 0.15) is 6.42 Å². The number of likely N-dealkylation sites (tertiary alicyclic amines) is 1. The van der Waals surface area contributed by atoms with Crippen LogP contribution in [0.2, 0.25) is 5.02 Å². The topological polar surface area (TPSA) is 96.1 Å². The summed E-state index contributed by atoms with van der Waals surface area (Å²) >= 11 is 5.92. The number of piperidine rings is 1. The zero-order valence-corrected chi connectivity index (χ0v) is 16.9. The summed E-state index contributed by atoms with van der Waals surface area (Å²) in [5, 5.41) is 0.433. The molecule has 0 spiro atoms. The molecule has 10 heteroatoms. The Balaban J connectivity index is 1.55. The predicted octanol–water partition coefficient (Wildman–Crippen LogP) is 0.395. The number of hydrogen-bond donors (Lipinski definition) is 0. The molecule has 2 fully saturated rings. The fraction of sp³-hybridized carbons (Fsp3) is 0.474. The Morgan fingerprint density at radius 3 is 2.76 bits per heavy atom. The van der Waals surface area contributed by atoms with Crippen molar-refractivity contribution < 1.29 is 18.8 Å². The Hall–Kier alpha value is -2.81. The van der Waals surface area contributed by atoms with Gasteiger partial charge in [0.2, 0.25) is 17.7 Å². The number of carbonyl (C=O) groups is 3. The highest BCUT2D eigenvalue weighted by Gasteiger charge is 2.43. The summed E-state index contributed by atoms with van der Waals surface area (Å²) in [5.41, 5.74) is 0.804. The van der Waals surface area contributed by atoms with Crippen LogP contribution in [-0.2, 0) is 20.9 Å². The molecule has 9 nitrogen and oxygen atoms in total. The minimum Gasteiger partial charge on any atom is -0.408 e. The zero-order valence-electron chi connectivity index (χ0n) is 16.1. The first kappa shape index (κ1) is 19.5. The van der Waals surface area contributed by atoms with Crippen molar-refractivity contribution >= 4 is 40.4 Å². The molecule has 2 aromatic rings. The molecule has 3 amide bonds. The van der Waals surface area contributed by atoms with E-state index in [9.17, 15) is 19.2 Å². The number of hydrogen-bond acceptors (Lipinski definition) is 5. The molecule has 2 aliphatic heterocycles. The van der Waals surface area contributed by atoms with E-state index < -0.39 is 5.76 Å². The molecular formula is C19H21ClN4O5. The summed E-state index contributed by atoms with van der Waals surface area (Å²) in [6.07, 6.45) is 0.466. The first-order valence-corrected chi connectivity index (χ1v) is 9.71. The summed E-state index contributed by atoms with van der Waals surface area (Å²) in [6.45, 7) is 0.491. The molecule has 0 saturated carbocycles. The van der Waals surface area contributed by atoms with Crippen molar-refractivity contribution in [2.24, 2.45) is 5.92 Å². The number of aromatic nitrogens is 1. The van der Waals surface area contributed by atoms with Crippen LogP contribution in [0.3, 0.4) is 0 Å². The van der Waals surface area contributed by atoms with Crippen LogP contribution < -0.4 is 5.76 Å². The zero-order chi connectivity index (χ0) is 20.9. The number of carbonyl (C=O) groups excluding carboxylic acids is 3.